The van der Waals surface area contributed by atoms with E-state index in [2.05, 4.69) is 41.1 Å². The molecular formula is C28H38N4O2. The first-order valence-electron chi connectivity index (χ1n) is 12.6. The molecule has 6 heteroatoms. The van der Waals surface area contributed by atoms with Crippen molar-refractivity contribution in [2.75, 3.05) is 51.1 Å². The summed E-state index contributed by atoms with van der Waals surface area (Å²) in [5.74, 6) is 1.41. The Hall–Kier alpha value is -2.70. The first-order chi connectivity index (χ1) is 16.4. The van der Waals surface area contributed by atoms with Crippen LogP contribution in [0.15, 0.2) is 54.6 Å². The fourth-order valence-electron chi connectivity index (χ4n) is 5.33. The van der Waals surface area contributed by atoms with E-state index >= 15 is 0 Å². The minimum absolute atomic E-state index is 0.00389. The summed E-state index contributed by atoms with van der Waals surface area (Å²) >= 11 is 0. The second-order valence-corrected chi connectivity index (χ2v) is 10.1. The van der Waals surface area contributed by atoms with Gasteiger partial charge in [-0.3, -0.25) is 19.4 Å². The van der Waals surface area contributed by atoms with Gasteiger partial charge in [0.1, 0.15) is 0 Å². The van der Waals surface area contributed by atoms with Gasteiger partial charge in [-0.25, -0.2) is 0 Å². The first-order valence-corrected chi connectivity index (χ1v) is 12.6. The fourth-order valence-corrected chi connectivity index (χ4v) is 5.33. The lowest BCUT2D eigenvalue weighted by Crippen LogP contribution is -2.55. The van der Waals surface area contributed by atoms with Gasteiger partial charge in [-0.1, -0.05) is 62.4 Å². The summed E-state index contributed by atoms with van der Waals surface area (Å²) in [7, 11) is 0. The lowest BCUT2D eigenvalue weighted by atomic mass is 9.92. The van der Waals surface area contributed by atoms with Gasteiger partial charge in [0.25, 0.3) is 0 Å². The number of hydrogen-bond donors (Lipinski definition) is 1. The van der Waals surface area contributed by atoms with Crippen LogP contribution in [0.1, 0.15) is 27.2 Å². The number of nitrogens with zero attached hydrogens (tertiary/aromatic N) is 3. The van der Waals surface area contributed by atoms with Crippen molar-refractivity contribution < 1.29 is 9.59 Å². The average Bonchev–Trinajstić information content (AvgIpc) is 2.84. The van der Waals surface area contributed by atoms with E-state index in [-0.39, 0.29) is 17.9 Å². The zero-order valence-corrected chi connectivity index (χ0v) is 20.7. The number of piperazine rings is 1. The van der Waals surface area contributed by atoms with Gasteiger partial charge in [-0.05, 0) is 36.8 Å². The number of carbonyl (C=O) groups excluding carboxylic acids is 2. The van der Waals surface area contributed by atoms with Gasteiger partial charge >= 0.3 is 0 Å². The molecule has 34 heavy (non-hydrogen) atoms. The lowest BCUT2D eigenvalue weighted by molar-refractivity contribution is -0.136. The van der Waals surface area contributed by atoms with Crippen molar-refractivity contribution in [3.63, 3.8) is 0 Å². The van der Waals surface area contributed by atoms with Crippen LogP contribution in [0.25, 0.3) is 11.1 Å². The SMILES string of the molecule is CC1CC(C)CN(C(=O)CN2CCN(C(C)C(=O)Nc3ccccc3-c3ccccc3)CC2)C1. The minimum Gasteiger partial charge on any atom is -0.341 e. The quantitative estimate of drug-likeness (QED) is 0.710. The molecule has 2 fully saturated rings. The number of piperidine rings is 1. The summed E-state index contributed by atoms with van der Waals surface area (Å²) < 4.78 is 0. The van der Waals surface area contributed by atoms with Crippen LogP contribution in [0.3, 0.4) is 0 Å². The molecule has 2 aromatic rings. The van der Waals surface area contributed by atoms with Crippen LogP contribution in [-0.2, 0) is 9.59 Å². The highest BCUT2D eigenvalue weighted by atomic mass is 16.2. The van der Waals surface area contributed by atoms with E-state index in [9.17, 15) is 9.59 Å². The molecule has 0 aliphatic carbocycles. The predicted octanol–water partition coefficient (Wildman–Crippen LogP) is 3.80. The Balaban J connectivity index is 1.29. The van der Waals surface area contributed by atoms with Crippen LogP contribution in [-0.4, -0.2) is 78.4 Å². The van der Waals surface area contributed by atoms with Crippen molar-refractivity contribution in [3.8, 4) is 11.1 Å². The predicted molar refractivity (Wildman–Crippen MR) is 138 cm³/mol. The molecule has 0 spiro atoms. The standard InChI is InChI=1S/C28H38N4O2/c1-21-17-22(2)19-32(18-21)27(33)20-30-13-15-31(16-14-30)23(3)28(34)29-26-12-8-7-11-25(26)24-9-5-4-6-10-24/h4-12,21-23H,13-20H2,1-3H3,(H,29,34). The number of nitrogens with one attached hydrogen (secondary N) is 1. The smallest absolute Gasteiger partial charge is 0.241 e. The van der Waals surface area contributed by atoms with Gasteiger partial charge in [-0.2, -0.15) is 0 Å². The van der Waals surface area contributed by atoms with E-state index in [0.29, 0.717) is 18.4 Å². The zero-order chi connectivity index (χ0) is 24.1. The Kier molecular flexibility index (Phi) is 8.01. The Morgan fingerprint density at radius 1 is 0.912 bits per heavy atom. The van der Waals surface area contributed by atoms with E-state index in [0.717, 1.165) is 56.1 Å². The Labute approximate surface area is 203 Å². The third-order valence-electron chi connectivity index (χ3n) is 7.18. The molecule has 2 heterocycles. The highest BCUT2D eigenvalue weighted by Crippen LogP contribution is 2.28. The maximum absolute atomic E-state index is 13.1. The molecule has 3 atom stereocenters. The van der Waals surface area contributed by atoms with Crippen LogP contribution >= 0.6 is 0 Å². The molecule has 2 aromatic carbocycles. The maximum atomic E-state index is 13.1. The third kappa shape index (κ3) is 6.05. The number of hydrogen-bond acceptors (Lipinski definition) is 4. The number of rotatable bonds is 6. The molecule has 2 amide bonds. The van der Waals surface area contributed by atoms with Gasteiger partial charge in [0.15, 0.2) is 0 Å². The van der Waals surface area contributed by atoms with Gasteiger partial charge in [0.05, 0.1) is 12.6 Å². The van der Waals surface area contributed by atoms with Crippen LogP contribution in [0.2, 0.25) is 0 Å². The Morgan fingerprint density at radius 2 is 1.53 bits per heavy atom. The topological polar surface area (TPSA) is 55.9 Å². The number of para-hydroxylation sites is 1. The molecule has 1 N–H and O–H groups in total. The van der Waals surface area contributed by atoms with Crippen LogP contribution < -0.4 is 5.32 Å². The van der Waals surface area contributed by atoms with Crippen molar-refractivity contribution in [1.29, 1.82) is 0 Å². The second kappa shape index (κ2) is 11.2. The number of amides is 2. The van der Waals surface area contributed by atoms with Crippen molar-refractivity contribution in [2.24, 2.45) is 11.8 Å². The normalized spacial score (nSPS) is 22.9. The van der Waals surface area contributed by atoms with Crippen molar-refractivity contribution >= 4 is 17.5 Å². The molecule has 6 nitrogen and oxygen atoms in total. The summed E-state index contributed by atoms with van der Waals surface area (Å²) in [5, 5.41) is 3.15. The molecular weight excluding hydrogens is 424 g/mol. The molecule has 182 valence electrons. The molecule has 0 saturated carbocycles. The summed E-state index contributed by atoms with van der Waals surface area (Å²) in [4.78, 5) is 32.4. The van der Waals surface area contributed by atoms with Crippen molar-refractivity contribution in [3.05, 3.63) is 54.6 Å². The molecule has 0 bridgehead atoms. The first kappa shape index (κ1) is 24.4. The Morgan fingerprint density at radius 3 is 2.21 bits per heavy atom. The number of benzene rings is 2. The number of carbonyl (C=O) groups is 2. The highest BCUT2D eigenvalue weighted by Gasteiger charge is 2.29. The van der Waals surface area contributed by atoms with E-state index < -0.39 is 0 Å². The zero-order valence-electron chi connectivity index (χ0n) is 20.7. The van der Waals surface area contributed by atoms with Gasteiger partial charge < -0.3 is 10.2 Å². The number of likely N-dealkylation sites (tertiary alicyclic amines) is 1. The second-order valence-electron chi connectivity index (χ2n) is 10.1. The van der Waals surface area contributed by atoms with Gasteiger partial charge in [-0.15, -0.1) is 0 Å². The molecule has 2 saturated heterocycles. The third-order valence-corrected chi connectivity index (χ3v) is 7.18. The van der Waals surface area contributed by atoms with E-state index in [1.165, 1.54) is 6.42 Å². The average molecular weight is 463 g/mol. The fraction of sp³-hybridized carbons (Fsp3) is 0.500. The van der Waals surface area contributed by atoms with Crippen molar-refractivity contribution in [1.82, 2.24) is 14.7 Å². The van der Waals surface area contributed by atoms with E-state index in [4.69, 9.17) is 0 Å². The largest absolute Gasteiger partial charge is 0.341 e. The van der Waals surface area contributed by atoms with Crippen LogP contribution in [0.4, 0.5) is 5.69 Å². The molecule has 0 radical (unpaired) electrons. The molecule has 2 aliphatic heterocycles. The summed E-state index contributed by atoms with van der Waals surface area (Å²) in [5.41, 5.74) is 2.94. The number of anilines is 1. The monoisotopic (exact) mass is 462 g/mol. The van der Waals surface area contributed by atoms with E-state index in [1.807, 2.05) is 54.3 Å². The lowest BCUT2D eigenvalue weighted by Gasteiger charge is -2.39. The van der Waals surface area contributed by atoms with Crippen LogP contribution in [0.5, 0.6) is 0 Å². The molecule has 0 aromatic heterocycles. The summed E-state index contributed by atoms with van der Waals surface area (Å²) in [6, 6.07) is 17.8. The Bertz CT molecular complexity index is 961. The molecule has 2 aliphatic rings. The minimum atomic E-state index is -0.231. The molecule has 3 unspecified atom stereocenters. The van der Waals surface area contributed by atoms with Gasteiger partial charge in [0, 0.05) is 50.5 Å². The summed E-state index contributed by atoms with van der Waals surface area (Å²) in [6.45, 7) is 11.9. The van der Waals surface area contributed by atoms with Gasteiger partial charge in [0.2, 0.25) is 11.8 Å². The highest BCUT2D eigenvalue weighted by molar-refractivity contribution is 5.98. The summed E-state index contributed by atoms with van der Waals surface area (Å²) in [6.07, 6.45) is 1.21. The van der Waals surface area contributed by atoms with E-state index in [1.54, 1.807) is 0 Å². The van der Waals surface area contributed by atoms with Crippen LogP contribution in [0, 0.1) is 11.8 Å². The maximum Gasteiger partial charge on any atom is 0.241 e. The molecule has 4 rings (SSSR count). The van der Waals surface area contributed by atoms with Crippen molar-refractivity contribution in [2.45, 2.75) is 33.2 Å².